The largest absolute Gasteiger partial charge is 0.487 e. The Morgan fingerprint density at radius 2 is 2.18 bits per heavy atom. The molecule has 1 aliphatic heterocycles. The summed E-state index contributed by atoms with van der Waals surface area (Å²) in [6.45, 7) is 0. The second kappa shape index (κ2) is 3.65. The van der Waals surface area contributed by atoms with Gasteiger partial charge in [-0.2, -0.15) is 0 Å². The van der Waals surface area contributed by atoms with E-state index in [1.807, 2.05) is 24.3 Å². The average Bonchev–Trinajstić information content (AvgIpc) is 2.26. The maximum Gasteiger partial charge on any atom is 0.312 e. The van der Waals surface area contributed by atoms with Crippen molar-refractivity contribution in [2.24, 2.45) is 5.73 Å². The lowest BCUT2D eigenvalue weighted by Gasteiger charge is -2.47. The van der Waals surface area contributed by atoms with Crippen LogP contribution in [0.15, 0.2) is 24.3 Å². The van der Waals surface area contributed by atoms with E-state index >= 15 is 0 Å². The lowest BCUT2D eigenvalue weighted by molar-refractivity contribution is -0.0354. The minimum absolute atomic E-state index is 0.0160. The highest BCUT2D eigenvalue weighted by molar-refractivity contribution is 5.72. The standard InChI is InChI=1S/C13H16N2O2/c14-12(16)15-10-8-13(6-3-7-13)17-11-5-2-1-4-9(10)11/h1-2,4-5,10H,3,6-8H2,(H3,14,15,16). The number of carbonyl (C=O) groups is 1. The fourth-order valence-electron chi connectivity index (χ4n) is 2.80. The van der Waals surface area contributed by atoms with Gasteiger partial charge in [-0.15, -0.1) is 0 Å². The van der Waals surface area contributed by atoms with E-state index in [4.69, 9.17) is 10.5 Å². The molecule has 0 saturated heterocycles. The second-order valence-electron chi connectivity index (χ2n) is 4.94. The summed E-state index contributed by atoms with van der Waals surface area (Å²) in [7, 11) is 0. The van der Waals surface area contributed by atoms with E-state index in [0.29, 0.717) is 0 Å². The first-order valence-electron chi connectivity index (χ1n) is 6.02. The Bertz CT molecular complexity index is 454. The summed E-state index contributed by atoms with van der Waals surface area (Å²) in [6.07, 6.45) is 4.16. The number of benzene rings is 1. The smallest absolute Gasteiger partial charge is 0.312 e. The first-order valence-corrected chi connectivity index (χ1v) is 6.02. The fourth-order valence-corrected chi connectivity index (χ4v) is 2.80. The molecular formula is C13H16N2O2. The first-order chi connectivity index (χ1) is 8.19. The molecule has 1 fully saturated rings. The summed E-state index contributed by atoms with van der Waals surface area (Å²) in [5, 5.41) is 2.82. The summed E-state index contributed by atoms with van der Waals surface area (Å²) < 4.78 is 6.08. The molecule has 0 bridgehead atoms. The lowest BCUT2D eigenvalue weighted by atomic mass is 9.73. The number of ether oxygens (including phenoxy) is 1. The van der Waals surface area contributed by atoms with Gasteiger partial charge in [0.1, 0.15) is 11.4 Å². The van der Waals surface area contributed by atoms with Crippen molar-refractivity contribution in [1.29, 1.82) is 0 Å². The van der Waals surface area contributed by atoms with Gasteiger partial charge in [-0.05, 0) is 25.3 Å². The zero-order valence-corrected chi connectivity index (χ0v) is 9.61. The molecule has 0 radical (unpaired) electrons. The Labute approximate surface area is 100 Å². The normalized spacial score (nSPS) is 24.4. The van der Waals surface area contributed by atoms with Crippen LogP contribution < -0.4 is 15.8 Å². The number of primary amides is 1. The van der Waals surface area contributed by atoms with Crippen molar-refractivity contribution in [1.82, 2.24) is 5.32 Å². The zero-order chi connectivity index (χ0) is 11.9. The Morgan fingerprint density at radius 3 is 2.82 bits per heavy atom. The SMILES string of the molecule is NC(=O)NC1CC2(CCC2)Oc2ccccc21. The summed E-state index contributed by atoms with van der Waals surface area (Å²) in [5.41, 5.74) is 6.20. The van der Waals surface area contributed by atoms with Gasteiger partial charge in [0.05, 0.1) is 6.04 Å². The van der Waals surface area contributed by atoms with Gasteiger partial charge in [0.2, 0.25) is 0 Å². The molecule has 1 spiro atoms. The summed E-state index contributed by atoms with van der Waals surface area (Å²) in [4.78, 5) is 11.1. The first kappa shape index (κ1) is 10.4. The van der Waals surface area contributed by atoms with E-state index in [0.717, 1.165) is 30.6 Å². The van der Waals surface area contributed by atoms with Gasteiger partial charge < -0.3 is 15.8 Å². The highest BCUT2D eigenvalue weighted by Gasteiger charge is 2.45. The Morgan fingerprint density at radius 1 is 1.41 bits per heavy atom. The second-order valence-corrected chi connectivity index (χ2v) is 4.94. The Balaban J connectivity index is 1.94. The van der Waals surface area contributed by atoms with Crippen LogP contribution in [0.5, 0.6) is 5.75 Å². The van der Waals surface area contributed by atoms with Crippen molar-refractivity contribution in [3.8, 4) is 5.75 Å². The number of carbonyl (C=O) groups excluding carboxylic acids is 1. The highest BCUT2D eigenvalue weighted by atomic mass is 16.5. The predicted molar refractivity (Wildman–Crippen MR) is 63.7 cm³/mol. The summed E-state index contributed by atoms with van der Waals surface area (Å²) >= 11 is 0. The molecule has 2 aliphatic rings. The van der Waals surface area contributed by atoms with E-state index < -0.39 is 6.03 Å². The third-order valence-corrected chi connectivity index (χ3v) is 3.78. The van der Waals surface area contributed by atoms with Crippen LogP contribution in [0.3, 0.4) is 0 Å². The summed E-state index contributed by atoms with van der Waals surface area (Å²) in [5.74, 6) is 0.886. The number of amides is 2. The van der Waals surface area contributed by atoms with Crippen molar-refractivity contribution in [2.75, 3.05) is 0 Å². The molecule has 1 aromatic rings. The number of fused-ring (bicyclic) bond motifs is 1. The molecule has 2 amide bonds. The molecule has 17 heavy (non-hydrogen) atoms. The van der Waals surface area contributed by atoms with Gasteiger partial charge in [0.25, 0.3) is 0 Å². The van der Waals surface area contributed by atoms with E-state index in [-0.39, 0.29) is 11.6 Å². The molecule has 1 aliphatic carbocycles. The van der Waals surface area contributed by atoms with Crippen molar-refractivity contribution < 1.29 is 9.53 Å². The van der Waals surface area contributed by atoms with Crippen molar-refractivity contribution >= 4 is 6.03 Å². The zero-order valence-electron chi connectivity index (χ0n) is 9.61. The molecule has 3 rings (SSSR count). The van der Waals surface area contributed by atoms with Crippen molar-refractivity contribution in [2.45, 2.75) is 37.3 Å². The van der Waals surface area contributed by atoms with Crippen LogP contribution in [0, 0.1) is 0 Å². The van der Waals surface area contributed by atoms with Crippen LogP contribution in [0.1, 0.15) is 37.3 Å². The van der Waals surface area contributed by atoms with Crippen LogP contribution in [-0.4, -0.2) is 11.6 Å². The third kappa shape index (κ3) is 1.73. The average molecular weight is 232 g/mol. The molecule has 1 atom stereocenters. The molecule has 90 valence electrons. The van der Waals surface area contributed by atoms with Gasteiger partial charge in [-0.1, -0.05) is 18.2 Å². The van der Waals surface area contributed by atoms with Crippen LogP contribution in [-0.2, 0) is 0 Å². The predicted octanol–water partition coefficient (Wildman–Crippen LogP) is 2.10. The minimum atomic E-state index is -0.471. The Hall–Kier alpha value is -1.71. The summed E-state index contributed by atoms with van der Waals surface area (Å²) in [6, 6.07) is 7.37. The highest BCUT2D eigenvalue weighted by Crippen LogP contribution is 2.48. The van der Waals surface area contributed by atoms with E-state index in [2.05, 4.69) is 5.32 Å². The Kier molecular flexibility index (Phi) is 2.24. The molecule has 4 nitrogen and oxygen atoms in total. The molecule has 0 aromatic heterocycles. The van der Waals surface area contributed by atoms with Crippen LogP contribution >= 0.6 is 0 Å². The molecule has 1 saturated carbocycles. The molecule has 1 unspecified atom stereocenters. The maximum absolute atomic E-state index is 11.1. The quantitative estimate of drug-likeness (QED) is 0.778. The molecule has 4 heteroatoms. The monoisotopic (exact) mass is 232 g/mol. The number of urea groups is 1. The van der Waals surface area contributed by atoms with Crippen molar-refractivity contribution in [3.05, 3.63) is 29.8 Å². The maximum atomic E-state index is 11.1. The molecule has 1 aromatic carbocycles. The van der Waals surface area contributed by atoms with Crippen LogP contribution in [0.25, 0.3) is 0 Å². The topological polar surface area (TPSA) is 64.4 Å². The number of para-hydroxylation sites is 1. The van der Waals surface area contributed by atoms with Gasteiger partial charge in [-0.3, -0.25) is 0 Å². The number of nitrogens with one attached hydrogen (secondary N) is 1. The number of nitrogens with two attached hydrogens (primary N) is 1. The van der Waals surface area contributed by atoms with Gasteiger partial charge in [0, 0.05) is 12.0 Å². The fraction of sp³-hybridized carbons (Fsp3) is 0.462. The number of hydrogen-bond donors (Lipinski definition) is 2. The number of hydrogen-bond acceptors (Lipinski definition) is 2. The van der Waals surface area contributed by atoms with Crippen LogP contribution in [0.4, 0.5) is 4.79 Å². The molecular weight excluding hydrogens is 216 g/mol. The third-order valence-electron chi connectivity index (χ3n) is 3.78. The van der Waals surface area contributed by atoms with Gasteiger partial charge in [-0.25, -0.2) is 4.79 Å². The van der Waals surface area contributed by atoms with E-state index in [9.17, 15) is 4.79 Å². The minimum Gasteiger partial charge on any atom is -0.487 e. The van der Waals surface area contributed by atoms with E-state index in [1.165, 1.54) is 6.42 Å². The lowest BCUT2D eigenvalue weighted by Crippen LogP contribution is -2.50. The van der Waals surface area contributed by atoms with E-state index in [1.54, 1.807) is 0 Å². The van der Waals surface area contributed by atoms with Crippen molar-refractivity contribution in [3.63, 3.8) is 0 Å². The number of rotatable bonds is 1. The molecule has 1 heterocycles. The molecule has 3 N–H and O–H groups in total. The van der Waals surface area contributed by atoms with Crippen LogP contribution in [0.2, 0.25) is 0 Å². The van der Waals surface area contributed by atoms with Gasteiger partial charge >= 0.3 is 6.03 Å². The van der Waals surface area contributed by atoms with Gasteiger partial charge in [0.15, 0.2) is 0 Å².